The highest BCUT2D eigenvalue weighted by atomic mass is 35.5. The lowest BCUT2D eigenvalue weighted by Crippen LogP contribution is -2.10. The van der Waals surface area contributed by atoms with Crippen LogP contribution in [0.25, 0.3) is 0 Å². The molecule has 0 saturated carbocycles. The molecular formula is C12H17ClN2O. The van der Waals surface area contributed by atoms with Crippen molar-refractivity contribution in [3.05, 3.63) is 29.8 Å². The number of amidine groups is 1. The van der Waals surface area contributed by atoms with Crippen LogP contribution in [0, 0.1) is 5.41 Å². The van der Waals surface area contributed by atoms with Crippen molar-refractivity contribution >= 4 is 17.4 Å². The number of halogens is 1. The number of rotatable bonds is 7. The summed E-state index contributed by atoms with van der Waals surface area (Å²) >= 11 is 5.57. The molecule has 1 aromatic carbocycles. The third kappa shape index (κ3) is 4.53. The van der Waals surface area contributed by atoms with Crippen LogP contribution in [0.15, 0.2) is 24.3 Å². The second-order valence-corrected chi connectivity index (χ2v) is 3.91. The Kier molecular flexibility index (Phi) is 5.72. The van der Waals surface area contributed by atoms with Gasteiger partial charge in [-0.3, -0.25) is 5.41 Å². The molecule has 4 heteroatoms. The van der Waals surface area contributed by atoms with E-state index in [1.54, 1.807) is 12.1 Å². The molecule has 0 heterocycles. The highest BCUT2D eigenvalue weighted by molar-refractivity contribution is 6.17. The molecule has 0 bridgehead atoms. The summed E-state index contributed by atoms with van der Waals surface area (Å²) in [5.74, 6) is 1.61. The van der Waals surface area contributed by atoms with Crippen LogP contribution < -0.4 is 10.5 Å². The summed E-state index contributed by atoms with van der Waals surface area (Å²) in [7, 11) is 0. The van der Waals surface area contributed by atoms with Crippen molar-refractivity contribution in [2.45, 2.75) is 19.3 Å². The van der Waals surface area contributed by atoms with Crippen molar-refractivity contribution in [3.63, 3.8) is 0 Å². The molecule has 0 aliphatic rings. The Labute approximate surface area is 101 Å². The fourth-order valence-electron chi connectivity index (χ4n) is 1.29. The lowest BCUT2D eigenvalue weighted by atomic mass is 10.2. The summed E-state index contributed by atoms with van der Waals surface area (Å²) in [6, 6.07) is 7.24. The number of unbranched alkanes of at least 4 members (excludes halogenated alkanes) is 2. The first-order valence-electron chi connectivity index (χ1n) is 5.37. The Morgan fingerprint density at radius 3 is 2.44 bits per heavy atom. The van der Waals surface area contributed by atoms with Crippen molar-refractivity contribution in [1.82, 2.24) is 0 Å². The van der Waals surface area contributed by atoms with Gasteiger partial charge in [0.2, 0.25) is 0 Å². The molecule has 3 nitrogen and oxygen atoms in total. The van der Waals surface area contributed by atoms with Gasteiger partial charge in [0.25, 0.3) is 0 Å². The molecule has 0 aromatic heterocycles. The SMILES string of the molecule is N=C(N)c1ccc(OCCCCCCl)cc1. The smallest absolute Gasteiger partial charge is 0.122 e. The Morgan fingerprint density at radius 1 is 1.19 bits per heavy atom. The largest absolute Gasteiger partial charge is 0.494 e. The van der Waals surface area contributed by atoms with Crippen molar-refractivity contribution in [2.75, 3.05) is 12.5 Å². The molecule has 0 spiro atoms. The van der Waals surface area contributed by atoms with Crippen molar-refractivity contribution in [1.29, 1.82) is 5.41 Å². The fourth-order valence-corrected chi connectivity index (χ4v) is 1.48. The molecule has 1 rings (SSSR count). The lowest BCUT2D eigenvalue weighted by Gasteiger charge is -2.06. The number of benzene rings is 1. The Balaban J connectivity index is 2.29. The maximum atomic E-state index is 7.24. The molecule has 0 amide bonds. The van der Waals surface area contributed by atoms with Gasteiger partial charge in [-0.25, -0.2) is 0 Å². The van der Waals surface area contributed by atoms with Crippen LogP contribution in [0.2, 0.25) is 0 Å². The van der Waals surface area contributed by atoms with Crippen molar-refractivity contribution in [2.24, 2.45) is 5.73 Å². The molecule has 0 saturated heterocycles. The first kappa shape index (κ1) is 12.8. The van der Waals surface area contributed by atoms with Crippen molar-refractivity contribution in [3.8, 4) is 5.75 Å². The molecular weight excluding hydrogens is 224 g/mol. The average Bonchev–Trinajstić information content (AvgIpc) is 2.29. The van der Waals surface area contributed by atoms with Crippen LogP contribution >= 0.6 is 11.6 Å². The zero-order valence-corrected chi connectivity index (χ0v) is 9.96. The van der Waals surface area contributed by atoms with Gasteiger partial charge in [-0.1, -0.05) is 0 Å². The van der Waals surface area contributed by atoms with E-state index < -0.39 is 0 Å². The predicted octanol–water partition coefficient (Wildman–Crippen LogP) is 2.76. The summed E-state index contributed by atoms with van der Waals surface area (Å²) < 4.78 is 5.53. The second kappa shape index (κ2) is 7.12. The summed E-state index contributed by atoms with van der Waals surface area (Å²) in [5.41, 5.74) is 6.07. The van der Waals surface area contributed by atoms with E-state index in [4.69, 9.17) is 27.5 Å². The van der Waals surface area contributed by atoms with Crippen LogP contribution in [0.1, 0.15) is 24.8 Å². The third-order valence-electron chi connectivity index (χ3n) is 2.21. The molecule has 0 aliphatic heterocycles. The van der Waals surface area contributed by atoms with Gasteiger partial charge < -0.3 is 10.5 Å². The van der Waals surface area contributed by atoms with Gasteiger partial charge in [-0.05, 0) is 43.5 Å². The highest BCUT2D eigenvalue weighted by Gasteiger charge is 1.97. The van der Waals surface area contributed by atoms with Crippen molar-refractivity contribution < 1.29 is 4.74 Å². The second-order valence-electron chi connectivity index (χ2n) is 3.54. The molecule has 0 aliphatic carbocycles. The maximum Gasteiger partial charge on any atom is 0.122 e. The molecule has 0 atom stereocenters. The molecule has 0 radical (unpaired) electrons. The van der Waals surface area contributed by atoms with E-state index in [9.17, 15) is 0 Å². The van der Waals surface area contributed by atoms with Gasteiger partial charge in [0.05, 0.1) is 6.61 Å². The van der Waals surface area contributed by atoms with Crippen LogP contribution in [0.5, 0.6) is 5.75 Å². The normalized spacial score (nSPS) is 10.1. The summed E-state index contributed by atoms with van der Waals surface area (Å²) in [6.45, 7) is 0.705. The lowest BCUT2D eigenvalue weighted by molar-refractivity contribution is 0.306. The third-order valence-corrected chi connectivity index (χ3v) is 2.48. The Hall–Kier alpha value is -1.22. The van der Waals surface area contributed by atoms with E-state index in [-0.39, 0.29) is 5.84 Å². The van der Waals surface area contributed by atoms with E-state index in [1.807, 2.05) is 12.1 Å². The monoisotopic (exact) mass is 240 g/mol. The minimum atomic E-state index is 0.0775. The summed E-state index contributed by atoms with van der Waals surface area (Å²) in [6.07, 6.45) is 3.14. The number of nitrogens with two attached hydrogens (primary N) is 1. The summed E-state index contributed by atoms with van der Waals surface area (Å²) in [4.78, 5) is 0. The molecule has 16 heavy (non-hydrogen) atoms. The fraction of sp³-hybridized carbons (Fsp3) is 0.417. The van der Waals surface area contributed by atoms with Gasteiger partial charge in [0.1, 0.15) is 11.6 Å². The number of ether oxygens (including phenoxy) is 1. The topological polar surface area (TPSA) is 59.1 Å². The minimum Gasteiger partial charge on any atom is -0.494 e. The molecule has 1 aromatic rings. The quantitative estimate of drug-likeness (QED) is 0.333. The number of nitrogens with one attached hydrogen (secondary N) is 1. The van der Waals surface area contributed by atoms with Crippen LogP contribution in [-0.4, -0.2) is 18.3 Å². The molecule has 88 valence electrons. The Morgan fingerprint density at radius 2 is 1.88 bits per heavy atom. The predicted molar refractivity (Wildman–Crippen MR) is 67.5 cm³/mol. The van der Waals surface area contributed by atoms with Gasteiger partial charge in [-0.15, -0.1) is 11.6 Å². The van der Waals surface area contributed by atoms with Gasteiger partial charge in [0, 0.05) is 11.4 Å². The summed E-state index contributed by atoms with van der Waals surface area (Å²) in [5, 5.41) is 7.24. The highest BCUT2D eigenvalue weighted by Crippen LogP contribution is 2.12. The van der Waals surface area contributed by atoms with Crippen LogP contribution in [0.3, 0.4) is 0 Å². The van der Waals surface area contributed by atoms with E-state index in [2.05, 4.69) is 0 Å². The standard InChI is InChI=1S/C12H17ClN2O/c13-8-2-1-3-9-16-11-6-4-10(5-7-11)12(14)15/h4-7H,1-3,8-9H2,(H3,14,15). The van der Waals surface area contributed by atoms with E-state index in [0.29, 0.717) is 12.5 Å². The van der Waals surface area contributed by atoms with Gasteiger partial charge >= 0.3 is 0 Å². The number of alkyl halides is 1. The number of hydrogen-bond acceptors (Lipinski definition) is 2. The van der Waals surface area contributed by atoms with E-state index in [1.165, 1.54) is 0 Å². The van der Waals surface area contributed by atoms with E-state index >= 15 is 0 Å². The average molecular weight is 241 g/mol. The zero-order chi connectivity index (χ0) is 11.8. The zero-order valence-electron chi connectivity index (χ0n) is 9.21. The molecule has 3 N–H and O–H groups in total. The van der Waals surface area contributed by atoms with Gasteiger partial charge in [-0.2, -0.15) is 0 Å². The molecule has 0 fully saturated rings. The molecule has 0 unspecified atom stereocenters. The van der Waals surface area contributed by atoms with Crippen LogP contribution in [0.4, 0.5) is 0 Å². The number of hydrogen-bond donors (Lipinski definition) is 2. The first-order chi connectivity index (χ1) is 7.74. The number of nitrogen functional groups attached to an aromatic ring is 1. The van der Waals surface area contributed by atoms with Gasteiger partial charge in [0.15, 0.2) is 0 Å². The Bertz CT molecular complexity index is 324. The minimum absolute atomic E-state index is 0.0775. The van der Waals surface area contributed by atoms with Crippen LogP contribution in [-0.2, 0) is 0 Å². The van der Waals surface area contributed by atoms with E-state index in [0.717, 1.165) is 30.6 Å². The first-order valence-corrected chi connectivity index (χ1v) is 5.90. The maximum absolute atomic E-state index is 7.24.